The van der Waals surface area contributed by atoms with Crippen molar-refractivity contribution >= 4 is 17.8 Å². The van der Waals surface area contributed by atoms with Gasteiger partial charge < -0.3 is 24.6 Å². The summed E-state index contributed by atoms with van der Waals surface area (Å²) >= 11 is 0. The van der Waals surface area contributed by atoms with Crippen LogP contribution >= 0.6 is 0 Å². The van der Waals surface area contributed by atoms with Crippen LogP contribution in [-0.2, 0) is 30.4 Å². The van der Waals surface area contributed by atoms with Gasteiger partial charge in [0.25, 0.3) is 0 Å². The number of aliphatic carboxylic acids is 2. The van der Waals surface area contributed by atoms with E-state index in [1.807, 2.05) is 12.3 Å². The second-order valence-corrected chi connectivity index (χ2v) is 8.49. The average Bonchev–Trinajstić information content (AvgIpc) is 3.30. The number of amides is 1. The van der Waals surface area contributed by atoms with Crippen LogP contribution in [0.4, 0.5) is 26.3 Å². The van der Waals surface area contributed by atoms with Crippen molar-refractivity contribution in [1.29, 1.82) is 0 Å². The van der Waals surface area contributed by atoms with Crippen LogP contribution in [-0.4, -0.2) is 109 Å². The lowest BCUT2D eigenvalue weighted by atomic mass is 9.82. The lowest BCUT2D eigenvalue weighted by Crippen LogP contribution is -2.37. The number of likely N-dealkylation sites (tertiary alicyclic amines) is 1. The molecular formula is C21H27F6N3O7. The molecular weight excluding hydrogens is 520 g/mol. The van der Waals surface area contributed by atoms with E-state index in [0.29, 0.717) is 12.5 Å². The van der Waals surface area contributed by atoms with Crippen LogP contribution in [0, 0.1) is 11.3 Å². The molecule has 2 saturated heterocycles. The first-order chi connectivity index (χ1) is 17.0. The molecule has 2 fully saturated rings. The van der Waals surface area contributed by atoms with E-state index in [-0.39, 0.29) is 17.9 Å². The number of pyridine rings is 1. The average molecular weight is 547 g/mol. The van der Waals surface area contributed by atoms with Crippen molar-refractivity contribution in [2.75, 3.05) is 53.6 Å². The molecule has 3 heterocycles. The molecule has 2 aliphatic rings. The minimum Gasteiger partial charge on any atom is -0.475 e. The quantitative estimate of drug-likeness (QED) is 0.513. The monoisotopic (exact) mass is 547 g/mol. The third-order valence-electron chi connectivity index (χ3n) is 5.32. The lowest BCUT2D eigenvalue weighted by molar-refractivity contribution is -0.193. The molecule has 1 aromatic rings. The first-order valence-electron chi connectivity index (χ1n) is 10.5. The molecule has 10 nitrogen and oxygen atoms in total. The smallest absolute Gasteiger partial charge is 0.475 e. The Morgan fingerprint density at radius 3 is 2.19 bits per heavy atom. The fraction of sp³-hybridized carbons (Fsp3) is 0.619. The first kappa shape index (κ1) is 32.0. The molecule has 37 heavy (non-hydrogen) atoms. The number of carboxylic acids is 2. The Hall–Kier alpha value is -2.98. The van der Waals surface area contributed by atoms with Gasteiger partial charge >= 0.3 is 24.3 Å². The van der Waals surface area contributed by atoms with Gasteiger partial charge in [0.2, 0.25) is 5.91 Å². The number of nitrogens with zero attached hydrogens (tertiary/aromatic N) is 3. The highest BCUT2D eigenvalue weighted by Crippen LogP contribution is 2.42. The highest BCUT2D eigenvalue weighted by molar-refractivity contribution is 5.76. The SMILES string of the molecule is CN(C)C(=O)COC[C@]12COC[C@H]1CN(Cc1cccnc1)C2.O=C(O)C(F)(F)F.O=C(O)C(F)(F)F. The van der Waals surface area contributed by atoms with Crippen LogP contribution in [0.5, 0.6) is 0 Å². The minimum atomic E-state index is -5.08. The third-order valence-corrected chi connectivity index (χ3v) is 5.32. The molecule has 2 atom stereocenters. The number of aromatic nitrogens is 1. The Kier molecular flexibility index (Phi) is 11.7. The van der Waals surface area contributed by atoms with Crippen molar-refractivity contribution in [2.24, 2.45) is 11.3 Å². The largest absolute Gasteiger partial charge is 0.490 e. The molecule has 1 amide bonds. The van der Waals surface area contributed by atoms with Gasteiger partial charge in [0, 0.05) is 57.5 Å². The Balaban J connectivity index is 0.000000404. The van der Waals surface area contributed by atoms with Crippen LogP contribution < -0.4 is 0 Å². The van der Waals surface area contributed by atoms with Gasteiger partial charge in [-0.05, 0) is 11.6 Å². The number of hydrogen-bond donors (Lipinski definition) is 2. The maximum absolute atomic E-state index is 11.7. The topological polar surface area (TPSA) is 130 Å². The summed E-state index contributed by atoms with van der Waals surface area (Å²) in [7, 11) is 3.49. The molecule has 0 saturated carbocycles. The van der Waals surface area contributed by atoms with E-state index in [4.69, 9.17) is 29.3 Å². The van der Waals surface area contributed by atoms with Crippen LogP contribution in [0.1, 0.15) is 5.56 Å². The van der Waals surface area contributed by atoms with Crippen molar-refractivity contribution in [3.8, 4) is 0 Å². The molecule has 0 radical (unpaired) electrons. The standard InChI is InChI=1S/C17H25N3O3.2C2HF3O2/c1-19(2)16(21)10-23-13-17-11-20(8-15(17)9-22-12-17)7-14-4-3-5-18-6-14;2*3-2(4,5)1(6)7/h3-6,15H,7-13H2,1-2H3;2*(H,6,7)/t15-,17+;;/m1../s1. The van der Waals surface area contributed by atoms with Gasteiger partial charge in [-0.25, -0.2) is 9.59 Å². The molecule has 2 N–H and O–H groups in total. The third kappa shape index (κ3) is 10.9. The normalized spacial score (nSPS) is 21.1. The van der Waals surface area contributed by atoms with Gasteiger partial charge in [-0.15, -0.1) is 0 Å². The summed E-state index contributed by atoms with van der Waals surface area (Å²) < 4.78 is 74.9. The highest BCUT2D eigenvalue weighted by atomic mass is 19.4. The molecule has 0 aliphatic carbocycles. The molecule has 3 rings (SSSR count). The van der Waals surface area contributed by atoms with Gasteiger partial charge in [-0.1, -0.05) is 6.07 Å². The van der Waals surface area contributed by atoms with Crippen LogP contribution in [0.3, 0.4) is 0 Å². The molecule has 0 bridgehead atoms. The molecule has 0 aromatic carbocycles. The second-order valence-electron chi connectivity index (χ2n) is 8.49. The maximum Gasteiger partial charge on any atom is 0.490 e. The lowest BCUT2D eigenvalue weighted by Gasteiger charge is -2.27. The molecule has 210 valence electrons. The first-order valence-corrected chi connectivity index (χ1v) is 10.5. The number of ether oxygens (including phenoxy) is 2. The number of halogens is 6. The minimum absolute atomic E-state index is 0.00192. The number of alkyl halides is 6. The molecule has 16 heteroatoms. The summed E-state index contributed by atoms with van der Waals surface area (Å²) in [6.45, 7) is 5.10. The number of carbonyl (C=O) groups is 3. The van der Waals surface area contributed by atoms with Gasteiger partial charge in [-0.3, -0.25) is 14.7 Å². The predicted octanol–water partition coefficient (Wildman–Crippen LogP) is 1.90. The Morgan fingerprint density at radius 2 is 1.73 bits per heavy atom. The predicted molar refractivity (Wildman–Crippen MR) is 113 cm³/mol. The number of hydrogen-bond acceptors (Lipinski definition) is 7. The highest BCUT2D eigenvalue weighted by Gasteiger charge is 2.50. The molecule has 0 unspecified atom stereocenters. The van der Waals surface area contributed by atoms with Gasteiger partial charge in [-0.2, -0.15) is 26.3 Å². The van der Waals surface area contributed by atoms with E-state index < -0.39 is 24.3 Å². The fourth-order valence-corrected chi connectivity index (χ4v) is 3.49. The van der Waals surface area contributed by atoms with Crippen LogP contribution in [0.2, 0.25) is 0 Å². The van der Waals surface area contributed by atoms with Crippen LogP contribution in [0.15, 0.2) is 24.5 Å². The van der Waals surface area contributed by atoms with E-state index in [0.717, 1.165) is 32.8 Å². The van der Waals surface area contributed by atoms with E-state index in [2.05, 4.69) is 16.0 Å². The van der Waals surface area contributed by atoms with Gasteiger partial charge in [0.1, 0.15) is 6.61 Å². The molecule has 2 aliphatic heterocycles. The number of carboxylic acid groups (broad SMARTS) is 2. The van der Waals surface area contributed by atoms with Crippen molar-refractivity contribution < 1.29 is 60.4 Å². The summed E-state index contributed by atoms with van der Waals surface area (Å²) in [5.41, 5.74) is 1.25. The molecule has 0 spiro atoms. The van der Waals surface area contributed by atoms with Crippen molar-refractivity contribution in [1.82, 2.24) is 14.8 Å². The maximum atomic E-state index is 11.7. The van der Waals surface area contributed by atoms with E-state index in [1.54, 1.807) is 25.2 Å². The van der Waals surface area contributed by atoms with E-state index >= 15 is 0 Å². The summed E-state index contributed by atoms with van der Waals surface area (Å²) in [5, 5.41) is 14.2. The summed E-state index contributed by atoms with van der Waals surface area (Å²) in [6.07, 6.45) is -6.45. The Bertz CT molecular complexity index is 875. The summed E-state index contributed by atoms with van der Waals surface area (Å²) in [4.78, 5) is 37.6. The number of carbonyl (C=O) groups excluding carboxylic acids is 1. The second kappa shape index (κ2) is 13.5. The number of rotatable bonds is 6. The Labute approximate surface area is 207 Å². The van der Waals surface area contributed by atoms with Crippen molar-refractivity contribution in [3.05, 3.63) is 30.1 Å². The summed E-state index contributed by atoms with van der Waals surface area (Å²) in [6, 6.07) is 4.08. The Morgan fingerprint density at radius 1 is 1.16 bits per heavy atom. The van der Waals surface area contributed by atoms with E-state index in [1.165, 1.54) is 5.56 Å². The molecule has 1 aromatic heterocycles. The van der Waals surface area contributed by atoms with Gasteiger partial charge in [0.15, 0.2) is 0 Å². The zero-order valence-electron chi connectivity index (χ0n) is 19.9. The van der Waals surface area contributed by atoms with Crippen molar-refractivity contribution in [2.45, 2.75) is 18.9 Å². The van der Waals surface area contributed by atoms with E-state index in [9.17, 15) is 31.1 Å². The van der Waals surface area contributed by atoms with Gasteiger partial charge in [0.05, 0.1) is 19.8 Å². The zero-order chi connectivity index (χ0) is 28.4. The number of likely N-dealkylation sites (N-methyl/N-ethyl adjacent to an activating group) is 1. The summed E-state index contributed by atoms with van der Waals surface area (Å²) in [5.74, 6) is -5.03. The van der Waals surface area contributed by atoms with Crippen molar-refractivity contribution in [3.63, 3.8) is 0 Å². The zero-order valence-corrected chi connectivity index (χ0v) is 19.9. The van der Waals surface area contributed by atoms with Crippen LogP contribution in [0.25, 0.3) is 0 Å². The fourth-order valence-electron chi connectivity index (χ4n) is 3.49. The number of fused-ring (bicyclic) bond motifs is 1.